The minimum absolute atomic E-state index is 0.0606. The van der Waals surface area contributed by atoms with Gasteiger partial charge in [-0.2, -0.15) is 0 Å². The van der Waals surface area contributed by atoms with E-state index < -0.39 is 0 Å². The van der Waals surface area contributed by atoms with E-state index >= 15 is 0 Å². The number of fused-ring (bicyclic) bond motifs is 2. The molecule has 4 heterocycles. The number of hydrogen-bond acceptors (Lipinski definition) is 3. The number of hydrogen-bond donors (Lipinski definition) is 1. The highest BCUT2D eigenvalue weighted by molar-refractivity contribution is 5.98. The first-order valence-corrected chi connectivity index (χ1v) is 9.53. The van der Waals surface area contributed by atoms with Gasteiger partial charge in [0.25, 0.3) is 5.91 Å². The lowest BCUT2D eigenvalue weighted by Gasteiger charge is -2.18. The highest BCUT2D eigenvalue weighted by atomic mass is 19.1. The van der Waals surface area contributed by atoms with Crippen molar-refractivity contribution in [1.82, 2.24) is 24.4 Å². The summed E-state index contributed by atoms with van der Waals surface area (Å²) >= 11 is 0. The summed E-state index contributed by atoms with van der Waals surface area (Å²) in [5, 5.41) is 0.706. The lowest BCUT2D eigenvalue weighted by atomic mass is 10.2. The number of H-pyrrole nitrogens is 1. The van der Waals surface area contributed by atoms with Crippen LogP contribution in [0, 0.1) is 5.82 Å². The van der Waals surface area contributed by atoms with Crippen LogP contribution in [0.15, 0.2) is 42.6 Å². The molecular weight excluding hydrogens is 357 g/mol. The number of benzene rings is 1. The monoisotopic (exact) mass is 377 g/mol. The number of pyridine rings is 1. The zero-order valence-corrected chi connectivity index (χ0v) is 15.5. The van der Waals surface area contributed by atoms with Gasteiger partial charge >= 0.3 is 0 Å². The van der Waals surface area contributed by atoms with Crippen LogP contribution in [0.2, 0.25) is 0 Å². The van der Waals surface area contributed by atoms with E-state index in [-0.39, 0.29) is 17.8 Å². The summed E-state index contributed by atoms with van der Waals surface area (Å²) in [4.78, 5) is 27.2. The fourth-order valence-corrected chi connectivity index (χ4v) is 4.14. The van der Waals surface area contributed by atoms with Crippen LogP contribution in [0.4, 0.5) is 4.39 Å². The molecule has 1 saturated heterocycles. The number of aromatic nitrogens is 4. The number of rotatable bonds is 3. The zero-order valence-electron chi connectivity index (χ0n) is 15.5. The molecule has 0 aliphatic carbocycles. The molecule has 5 rings (SSSR count). The molecule has 3 aromatic heterocycles. The minimum Gasteiger partial charge on any atom is -0.351 e. The van der Waals surface area contributed by atoms with Crippen LogP contribution in [-0.2, 0) is 6.42 Å². The summed E-state index contributed by atoms with van der Waals surface area (Å²) < 4.78 is 15.6. The van der Waals surface area contributed by atoms with Crippen molar-refractivity contribution in [3.63, 3.8) is 0 Å². The average molecular weight is 377 g/mol. The van der Waals surface area contributed by atoms with E-state index in [0.717, 1.165) is 35.3 Å². The Balaban J connectivity index is 1.43. The molecule has 1 atom stereocenters. The number of imidazole rings is 1. The first kappa shape index (κ1) is 16.9. The standard InChI is InChI=1S/C21H20FN5O/c1-2-19-25-17-4-3-8-23-20(17)27(19)15-7-9-26(12-15)21(28)18-11-13-10-14(22)5-6-16(13)24-18/h3-6,8,10-11,15,24H,2,7,9,12H2,1H3. The van der Waals surface area contributed by atoms with Crippen molar-refractivity contribution in [2.24, 2.45) is 0 Å². The SMILES string of the molecule is CCc1nc2cccnc2n1C1CCN(C(=O)c2cc3cc(F)ccc3[nH]2)C1. The van der Waals surface area contributed by atoms with E-state index in [1.54, 1.807) is 18.3 Å². The molecule has 7 heteroatoms. The first-order chi connectivity index (χ1) is 13.6. The largest absolute Gasteiger partial charge is 0.351 e. The van der Waals surface area contributed by atoms with Crippen molar-refractivity contribution >= 4 is 28.0 Å². The van der Waals surface area contributed by atoms with Crippen LogP contribution in [0.5, 0.6) is 0 Å². The van der Waals surface area contributed by atoms with E-state index in [1.807, 2.05) is 17.0 Å². The number of nitrogens with one attached hydrogen (secondary N) is 1. The van der Waals surface area contributed by atoms with Gasteiger partial charge < -0.3 is 14.5 Å². The Morgan fingerprint density at radius 2 is 2.21 bits per heavy atom. The molecule has 28 heavy (non-hydrogen) atoms. The highest BCUT2D eigenvalue weighted by Crippen LogP contribution is 2.29. The van der Waals surface area contributed by atoms with Crippen LogP contribution >= 0.6 is 0 Å². The van der Waals surface area contributed by atoms with E-state index in [2.05, 4.69) is 21.5 Å². The minimum atomic E-state index is -0.307. The molecule has 1 amide bonds. The Labute approximate surface area is 161 Å². The third-order valence-corrected chi connectivity index (χ3v) is 5.47. The van der Waals surface area contributed by atoms with Gasteiger partial charge in [-0.1, -0.05) is 6.92 Å². The second-order valence-corrected chi connectivity index (χ2v) is 7.21. The molecule has 1 aliphatic rings. The second-order valence-electron chi connectivity index (χ2n) is 7.21. The van der Waals surface area contributed by atoms with Gasteiger partial charge in [0.1, 0.15) is 22.9 Å². The molecule has 142 valence electrons. The first-order valence-electron chi connectivity index (χ1n) is 9.53. The Bertz CT molecular complexity index is 1190. The van der Waals surface area contributed by atoms with E-state index in [4.69, 9.17) is 4.98 Å². The lowest BCUT2D eigenvalue weighted by Crippen LogP contribution is -2.29. The normalized spacial score (nSPS) is 17.1. The molecule has 1 unspecified atom stereocenters. The summed E-state index contributed by atoms with van der Waals surface area (Å²) in [6.45, 7) is 3.36. The highest BCUT2D eigenvalue weighted by Gasteiger charge is 2.31. The van der Waals surface area contributed by atoms with Crippen molar-refractivity contribution in [2.45, 2.75) is 25.8 Å². The van der Waals surface area contributed by atoms with Crippen molar-refractivity contribution in [3.05, 3.63) is 59.9 Å². The molecule has 1 aromatic carbocycles. The van der Waals surface area contributed by atoms with E-state index in [9.17, 15) is 9.18 Å². The molecule has 0 radical (unpaired) electrons. The molecular formula is C21H20FN5O. The topological polar surface area (TPSA) is 66.8 Å². The molecule has 0 saturated carbocycles. The second kappa shape index (κ2) is 6.44. The van der Waals surface area contributed by atoms with Crippen molar-refractivity contribution < 1.29 is 9.18 Å². The zero-order chi connectivity index (χ0) is 19.3. The summed E-state index contributed by atoms with van der Waals surface area (Å²) in [6.07, 6.45) is 3.45. The fourth-order valence-electron chi connectivity index (χ4n) is 4.14. The molecule has 0 spiro atoms. The predicted octanol–water partition coefficient (Wildman–Crippen LogP) is 3.70. The number of likely N-dealkylation sites (tertiary alicyclic amines) is 1. The Morgan fingerprint density at radius 1 is 1.32 bits per heavy atom. The van der Waals surface area contributed by atoms with Crippen LogP contribution in [0.3, 0.4) is 0 Å². The van der Waals surface area contributed by atoms with Crippen LogP contribution in [0.25, 0.3) is 22.1 Å². The van der Waals surface area contributed by atoms with Crippen molar-refractivity contribution in [1.29, 1.82) is 0 Å². The van der Waals surface area contributed by atoms with E-state index in [0.29, 0.717) is 24.2 Å². The quantitative estimate of drug-likeness (QED) is 0.592. The maximum absolute atomic E-state index is 13.4. The maximum Gasteiger partial charge on any atom is 0.270 e. The Hall–Kier alpha value is -3.22. The van der Waals surface area contributed by atoms with Crippen molar-refractivity contribution in [2.75, 3.05) is 13.1 Å². The van der Waals surface area contributed by atoms with Crippen LogP contribution in [-0.4, -0.2) is 43.4 Å². The third-order valence-electron chi connectivity index (χ3n) is 5.47. The average Bonchev–Trinajstić information content (AvgIpc) is 3.42. The van der Waals surface area contributed by atoms with Crippen LogP contribution in [0.1, 0.15) is 35.7 Å². The number of amides is 1. The van der Waals surface area contributed by atoms with Gasteiger partial charge in [-0.15, -0.1) is 0 Å². The van der Waals surface area contributed by atoms with Gasteiger partial charge in [0.2, 0.25) is 0 Å². The summed E-state index contributed by atoms with van der Waals surface area (Å²) in [5.74, 6) is 0.627. The molecule has 1 fully saturated rings. The molecule has 1 N–H and O–H groups in total. The maximum atomic E-state index is 13.4. The number of nitrogens with zero attached hydrogens (tertiary/aromatic N) is 4. The van der Waals surface area contributed by atoms with Gasteiger partial charge in [0.15, 0.2) is 5.65 Å². The third kappa shape index (κ3) is 2.66. The van der Waals surface area contributed by atoms with Gasteiger partial charge in [0, 0.05) is 36.6 Å². The van der Waals surface area contributed by atoms with Gasteiger partial charge in [0.05, 0.1) is 6.04 Å². The fraction of sp³-hybridized carbons (Fsp3) is 0.286. The molecule has 6 nitrogen and oxygen atoms in total. The van der Waals surface area contributed by atoms with Gasteiger partial charge in [-0.25, -0.2) is 14.4 Å². The number of aryl methyl sites for hydroxylation is 1. The van der Waals surface area contributed by atoms with Gasteiger partial charge in [-0.05, 0) is 42.8 Å². The molecule has 1 aliphatic heterocycles. The van der Waals surface area contributed by atoms with E-state index in [1.165, 1.54) is 12.1 Å². The number of carbonyl (C=O) groups excluding carboxylic acids is 1. The van der Waals surface area contributed by atoms with Crippen LogP contribution < -0.4 is 0 Å². The smallest absolute Gasteiger partial charge is 0.270 e. The predicted molar refractivity (Wildman–Crippen MR) is 105 cm³/mol. The Morgan fingerprint density at radius 3 is 3.07 bits per heavy atom. The number of aromatic amines is 1. The number of halogens is 1. The van der Waals surface area contributed by atoms with Gasteiger partial charge in [-0.3, -0.25) is 4.79 Å². The summed E-state index contributed by atoms with van der Waals surface area (Å²) in [5.41, 5.74) is 3.02. The van der Waals surface area contributed by atoms with Crippen molar-refractivity contribution in [3.8, 4) is 0 Å². The summed E-state index contributed by atoms with van der Waals surface area (Å²) in [7, 11) is 0. The molecule has 4 aromatic rings. The number of carbonyl (C=O) groups is 1. The summed E-state index contributed by atoms with van der Waals surface area (Å²) in [6, 6.07) is 10.2. The Kier molecular flexibility index (Phi) is 3.89. The molecule has 0 bridgehead atoms. The lowest BCUT2D eigenvalue weighted by molar-refractivity contribution is 0.0783.